The van der Waals surface area contributed by atoms with Gasteiger partial charge in [-0.1, -0.05) is 6.42 Å². The highest BCUT2D eigenvalue weighted by Crippen LogP contribution is 2.42. The van der Waals surface area contributed by atoms with Gasteiger partial charge in [0, 0.05) is 26.7 Å². The molecule has 1 fully saturated rings. The summed E-state index contributed by atoms with van der Waals surface area (Å²) in [5.41, 5.74) is -0.0708. The zero-order valence-electron chi connectivity index (χ0n) is 19.7. The number of aliphatic hydroxyl groups is 1. The minimum absolute atomic E-state index is 0.0206. The minimum atomic E-state index is -1.47. The zero-order chi connectivity index (χ0) is 24.4. The summed E-state index contributed by atoms with van der Waals surface area (Å²) in [6.07, 6.45) is 3.32. The number of aliphatic hydroxyl groups excluding tert-OH is 1. The summed E-state index contributed by atoms with van der Waals surface area (Å²) in [6.45, 7) is 1.03. The molecule has 2 rings (SSSR count). The van der Waals surface area contributed by atoms with Crippen molar-refractivity contribution >= 4 is 11.7 Å². The van der Waals surface area contributed by atoms with E-state index in [1.165, 1.54) is 40.6 Å². The first-order valence-electron chi connectivity index (χ1n) is 10.9. The molecule has 1 aromatic carbocycles. The van der Waals surface area contributed by atoms with Crippen LogP contribution in [0.5, 0.6) is 11.5 Å². The van der Waals surface area contributed by atoms with E-state index in [9.17, 15) is 20.0 Å². The van der Waals surface area contributed by atoms with Gasteiger partial charge in [0.25, 0.3) is 5.69 Å². The van der Waals surface area contributed by atoms with Crippen LogP contribution in [0.1, 0.15) is 37.7 Å². The molecule has 0 unspecified atom stereocenters. The Hall–Kier alpha value is -2.47. The molecule has 1 aromatic rings. The molecule has 0 spiro atoms. The largest absolute Gasteiger partial charge is 0.493 e. The first-order chi connectivity index (χ1) is 15.8. The van der Waals surface area contributed by atoms with Gasteiger partial charge in [-0.2, -0.15) is 0 Å². The maximum atomic E-state index is 12.0. The number of esters is 1. The Balaban J connectivity index is 2.40. The monoisotopic (exact) mass is 470 g/mol. The molecule has 1 aliphatic rings. The van der Waals surface area contributed by atoms with Crippen molar-refractivity contribution < 1.29 is 38.5 Å². The number of nitro groups is 1. The molecule has 11 heteroatoms. The lowest BCUT2D eigenvalue weighted by Crippen LogP contribution is -2.51. The molecule has 1 saturated heterocycles. The fraction of sp³-hybridized carbons (Fsp3) is 0.682. The van der Waals surface area contributed by atoms with Crippen molar-refractivity contribution in [2.24, 2.45) is 0 Å². The number of ether oxygens (including phenoxy) is 5. The van der Waals surface area contributed by atoms with Gasteiger partial charge in [0.15, 0.2) is 11.5 Å². The molecule has 0 aromatic heterocycles. The summed E-state index contributed by atoms with van der Waals surface area (Å²) in [7, 11) is 5.59. The molecule has 186 valence electrons. The molecule has 11 nitrogen and oxygen atoms in total. The Bertz CT molecular complexity index is 798. The Morgan fingerprint density at radius 3 is 2.52 bits per heavy atom. The highest BCUT2D eigenvalue weighted by molar-refractivity contribution is 5.69. The highest BCUT2D eigenvalue weighted by Gasteiger charge is 2.43. The Morgan fingerprint density at radius 2 is 1.94 bits per heavy atom. The number of benzene rings is 1. The number of methoxy groups -OCH3 is 4. The third-order valence-corrected chi connectivity index (χ3v) is 5.93. The molecule has 0 bridgehead atoms. The summed E-state index contributed by atoms with van der Waals surface area (Å²) in [4.78, 5) is 24.8. The van der Waals surface area contributed by atoms with Gasteiger partial charge in [0.05, 0.1) is 50.5 Å². The molecule has 0 aliphatic carbocycles. The van der Waals surface area contributed by atoms with E-state index in [2.05, 4.69) is 4.74 Å². The van der Waals surface area contributed by atoms with Gasteiger partial charge in [0.2, 0.25) is 5.79 Å². The first-order valence-corrected chi connectivity index (χ1v) is 10.9. The Kier molecular flexibility index (Phi) is 10.3. The predicted octanol–water partition coefficient (Wildman–Crippen LogP) is 2.23. The van der Waals surface area contributed by atoms with Crippen LogP contribution in [-0.4, -0.2) is 81.7 Å². The predicted molar refractivity (Wildman–Crippen MR) is 118 cm³/mol. The summed E-state index contributed by atoms with van der Waals surface area (Å²) < 4.78 is 27.2. The summed E-state index contributed by atoms with van der Waals surface area (Å²) in [6, 6.07) is 2.68. The number of carbonyl (C=O) groups is 1. The third kappa shape index (κ3) is 6.53. The number of piperidine rings is 1. The summed E-state index contributed by atoms with van der Waals surface area (Å²) in [5, 5.41) is 21.8. The first kappa shape index (κ1) is 26.8. The van der Waals surface area contributed by atoms with Gasteiger partial charge in [-0.15, -0.1) is 0 Å². The normalized spacial score (nSPS) is 16.9. The average Bonchev–Trinajstić information content (AvgIpc) is 2.84. The molecule has 1 atom stereocenters. The van der Waals surface area contributed by atoms with Crippen LogP contribution >= 0.6 is 0 Å². The number of hydrogen-bond acceptors (Lipinski definition) is 10. The van der Waals surface area contributed by atoms with E-state index in [4.69, 9.17) is 18.9 Å². The van der Waals surface area contributed by atoms with Crippen molar-refractivity contribution in [1.29, 1.82) is 0 Å². The van der Waals surface area contributed by atoms with E-state index in [-0.39, 0.29) is 60.9 Å². The molecule has 33 heavy (non-hydrogen) atoms. The zero-order valence-corrected chi connectivity index (χ0v) is 19.7. The summed E-state index contributed by atoms with van der Waals surface area (Å²) in [5.74, 6) is -1.39. The van der Waals surface area contributed by atoms with E-state index >= 15 is 0 Å². The molecule has 1 N–H and O–H groups in total. The van der Waals surface area contributed by atoms with E-state index in [1.54, 1.807) is 0 Å². The van der Waals surface area contributed by atoms with Crippen LogP contribution in [0.4, 0.5) is 5.69 Å². The Morgan fingerprint density at radius 1 is 1.21 bits per heavy atom. The third-order valence-electron chi connectivity index (χ3n) is 5.93. The average molecular weight is 471 g/mol. The van der Waals surface area contributed by atoms with Crippen LogP contribution in [0.25, 0.3) is 0 Å². The van der Waals surface area contributed by atoms with Crippen LogP contribution in [-0.2, 0) is 24.8 Å². The van der Waals surface area contributed by atoms with Crippen LogP contribution < -0.4 is 9.47 Å². The smallest absolute Gasteiger partial charge is 0.305 e. The number of rotatable bonds is 13. The molecule has 0 radical (unpaired) electrons. The van der Waals surface area contributed by atoms with Gasteiger partial charge in [-0.05, 0) is 31.9 Å². The topological polar surface area (TPSA) is 130 Å². The standard InChI is InChI=1S/C22H34N2O9/c1-29-19-12-17(18(24(27)28)13-20(19)33-11-7-9-21(26)30-2)22(31-3,32-4)15-23-10-6-5-8-16(23)14-25/h12-13,16,25H,5-11,14-15H2,1-4H3/t16-/m0/s1. The lowest BCUT2D eigenvalue weighted by atomic mass is 9.97. The molecular formula is C22H34N2O9. The van der Waals surface area contributed by atoms with E-state index in [0.717, 1.165) is 19.3 Å². The van der Waals surface area contributed by atoms with Crippen molar-refractivity contribution in [3.8, 4) is 11.5 Å². The van der Waals surface area contributed by atoms with Gasteiger partial charge in [0.1, 0.15) is 0 Å². The second kappa shape index (κ2) is 12.7. The lowest BCUT2D eigenvalue weighted by Gasteiger charge is -2.41. The van der Waals surface area contributed by atoms with E-state index in [0.29, 0.717) is 13.0 Å². The van der Waals surface area contributed by atoms with Crippen LogP contribution in [0, 0.1) is 10.1 Å². The maximum absolute atomic E-state index is 12.0. The fourth-order valence-corrected chi connectivity index (χ4v) is 4.04. The number of nitrogens with zero attached hydrogens (tertiary/aromatic N) is 2. The van der Waals surface area contributed by atoms with Crippen molar-refractivity contribution in [1.82, 2.24) is 4.90 Å². The van der Waals surface area contributed by atoms with Gasteiger partial charge in [-0.3, -0.25) is 19.8 Å². The lowest BCUT2D eigenvalue weighted by molar-refractivity contribution is -0.389. The van der Waals surface area contributed by atoms with Crippen LogP contribution in [0.3, 0.4) is 0 Å². The van der Waals surface area contributed by atoms with Gasteiger partial charge >= 0.3 is 5.97 Å². The van der Waals surface area contributed by atoms with Crippen molar-refractivity contribution in [2.75, 3.05) is 54.7 Å². The van der Waals surface area contributed by atoms with Crippen LogP contribution in [0.2, 0.25) is 0 Å². The van der Waals surface area contributed by atoms with E-state index < -0.39 is 10.7 Å². The molecular weight excluding hydrogens is 436 g/mol. The number of nitro benzene ring substituents is 1. The highest BCUT2D eigenvalue weighted by atomic mass is 16.7. The quantitative estimate of drug-likeness (QED) is 0.151. The van der Waals surface area contributed by atoms with Gasteiger partial charge < -0.3 is 28.8 Å². The molecule has 0 amide bonds. The van der Waals surface area contributed by atoms with E-state index in [1.807, 2.05) is 4.90 Å². The summed E-state index contributed by atoms with van der Waals surface area (Å²) >= 11 is 0. The molecule has 1 heterocycles. The second-order valence-corrected chi connectivity index (χ2v) is 7.77. The van der Waals surface area contributed by atoms with Crippen molar-refractivity contribution in [3.63, 3.8) is 0 Å². The van der Waals surface area contributed by atoms with Crippen molar-refractivity contribution in [3.05, 3.63) is 27.8 Å². The Labute approximate surface area is 193 Å². The molecule has 0 saturated carbocycles. The fourth-order valence-electron chi connectivity index (χ4n) is 4.04. The van der Waals surface area contributed by atoms with Crippen molar-refractivity contribution in [2.45, 2.75) is 43.9 Å². The number of carbonyl (C=O) groups excluding carboxylic acids is 1. The second-order valence-electron chi connectivity index (χ2n) is 7.77. The maximum Gasteiger partial charge on any atom is 0.305 e. The number of hydrogen-bond donors (Lipinski definition) is 1. The number of likely N-dealkylation sites (tertiary alicyclic amines) is 1. The molecule has 1 aliphatic heterocycles. The van der Waals surface area contributed by atoms with Gasteiger partial charge in [-0.25, -0.2) is 0 Å². The van der Waals surface area contributed by atoms with Crippen LogP contribution in [0.15, 0.2) is 12.1 Å². The minimum Gasteiger partial charge on any atom is -0.493 e. The SMILES string of the molecule is COC(=O)CCCOc1cc([N+](=O)[O-])c(C(CN2CCCC[C@H]2CO)(OC)OC)cc1OC.